The fraction of sp³-hybridized carbons (Fsp3) is 0.765. The normalized spacial score (nSPS) is 20.8. The molecule has 28 heavy (non-hydrogen) atoms. The third-order valence-corrected chi connectivity index (χ3v) is 5.26. The minimum absolute atomic E-state index is 0.313. The highest BCUT2D eigenvalue weighted by Gasteiger charge is 2.37. The van der Waals surface area contributed by atoms with Crippen LogP contribution in [0.5, 0.6) is 0 Å². The molecule has 0 spiro atoms. The molecule has 6 N–H and O–H groups in total. The first-order valence-electron chi connectivity index (χ1n) is 9.16. The Morgan fingerprint density at radius 1 is 1.21 bits per heavy atom. The summed E-state index contributed by atoms with van der Waals surface area (Å²) in [6.45, 7) is 3.18. The summed E-state index contributed by atoms with van der Waals surface area (Å²) in [5.74, 6) is -2.19. The summed E-state index contributed by atoms with van der Waals surface area (Å²) in [5, 5.41) is 23.7. The van der Waals surface area contributed by atoms with Crippen molar-refractivity contribution >= 4 is 35.5 Å². The minimum Gasteiger partial charge on any atom is -0.480 e. The predicted molar refractivity (Wildman–Crippen MR) is 105 cm³/mol. The number of carbonyl (C=O) groups excluding carboxylic acids is 3. The quantitative estimate of drug-likeness (QED) is 0.287. The lowest BCUT2D eigenvalue weighted by Crippen LogP contribution is -2.57. The topological polar surface area (TPSA) is 162 Å². The first-order chi connectivity index (χ1) is 13.1. The summed E-state index contributed by atoms with van der Waals surface area (Å²) < 4.78 is 0. The van der Waals surface area contributed by atoms with Gasteiger partial charge in [0, 0.05) is 6.54 Å². The Morgan fingerprint density at radius 3 is 2.39 bits per heavy atom. The van der Waals surface area contributed by atoms with Crippen LogP contribution in [0.4, 0.5) is 0 Å². The summed E-state index contributed by atoms with van der Waals surface area (Å²) in [4.78, 5) is 49.8. The van der Waals surface area contributed by atoms with Gasteiger partial charge in [0.1, 0.15) is 24.2 Å². The number of carboxylic acids is 1. The van der Waals surface area contributed by atoms with Crippen molar-refractivity contribution in [3.63, 3.8) is 0 Å². The first kappa shape index (κ1) is 24.2. The predicted octanol–water partition coefficient (Wildman–Crippen LogP) is -1.49. The van der Waals surface area contributed by atoms with Gasteiger partial charge in [-0.05, 0) is 45.1 Å². The molecule has 1 fully saturated rings. The van der Waals surface area contributed by atoms with E-state index in [4.69, 9.17) is 5.73 Å². The van der Waals surface area contributed by atoms with Crippen molar-refractivity contribution in [2.24, 2.45) is 5.73 Å². The molecule has 5 unspecified atom stereocenters. The van der Waals surface area contributed by atoms with E-state index in [1.807, 2.05) is 6.26 Å². The number of aliphatic hydroxyl groups excluding tert-OH is 1. The van der Waals surface area contributed by atoms with Crippen LogP contribution in [0.25, 0.3) is 0 Å². The van der Waals surface area contributed by atoms with Crippen molar-refractivity contribution < 1.29 is 29.4 Å². The van der Waals surface area contributed by atoms with Crippen molar-refractivity contribution in [3.05, 3.63) is 0 Å². The van der Waals surface area contributed by atoms with Crippen molar-refractivity contribution in [3.8, 4) is 0 Å². The van der Waals surface area contributed by atoms with Gasteiger partial charge in [-0.2, -0.15) is 11.8 Å². The van der Waals surface area contributed by atoms with E-state index < -0.39 is 54.0 Å². The standard InChI is InChI=1S/C17H30N4O6S/c1-9(16(25)21-7-4-5-12(21)17(26)27)19-14(23)11(6-8-28-3)20-15(24)13(18)10(2)22/h9-13,22H,4-8,18H2,1-3H3,(H,19,23)(H,20,24)(H,26,27). The zero-order valence-electron chi connectivity index (χ0n) is 16.4. The second kappa shape index (κ2) is 11.2. The highest BCUT2D eigenvalue weighted by Crippen LogP contribution is 2.18. The summed E-state index contributed by atoms with van der Waals surface area (Å²) in [6.07, 6.45) is 2.06. The number of rotatable bonds is 10. The van der Waals surface area contributed by atoms with Crippen molar-refractivity contribution in [1.82, 2.24) is 15.5 Å². The fourth-order valence-electron chi connectivity index (χ4n) is 2.90. The van der Waals surface area contributed by atoms with Gasteiger partial charge in [-0.1, -0.05) is 0 Å². The number of hydrogen-bond acceptors (Lipinski definition) is 7. The summed E-state index contributed by atoms with van der Waals surface area (Å²) in [7, 11) is 0. The second-order valence-electron chi connectivity index (χ2n) is 6.87. The van der Waals surface area contributed by atoms with Crippen LogP contribution in [0.1, 0.15) is 33.1 Å². The van der Waals surface area contributed by atoms with Crippen LogP contribution >= 0.6 is 11.8 Å². The van der Waals surface area contributed by atoms with Gasteiger partial charge in [0.25, 0.3) is 0 Å². The molecule has 0 aliphatic carbocycles. The van der Waals surface area contributed by atoms with E-state index in [1.54, 1.807) is 0 Å². The lowest BCUT2D eigenvalue weighted by atomic mass is 10.1. The number of hydrogen-bond donors (Lipinski definition) is 5. The van der Waals surface area contributed by atoms with Crippen LogP contribution in [0.2, 0.25) is 0 Å². The number of likely N-dealkylation sites (tertiary alicyclic amines) is 1. The molecule has 0 saturated carbocycles. The Labute approximate surface area is 168 Å². The van der Waals surface area contributed by atoms with Crippen LogP contribution in [-0.4, -0.2) is 87.6 Å². The van der Waals surface area contributed by atoms with Gasteiger partial charge in [-0.3, -0.25) is 14.4 Å². The number of amides is 3. The average Bonchev–Trinajstić information content (AvgIpc) is 3.13. The zero-order valence-corrected chi connectivity index (χ0v) is 17.2. The largest absolute Gasteiger partial charge is 0.480 e. The van der Waals surface area contributed by atoms with Crippen LogP contribution in [0.3, 0.4) is 0 Å². The van der Waals surface area contributed by atoms with E-state index in [0.717, 1.165) is 0 Å². The van der Waals surface area contributed by atoms with Gasteiger partial charge in [-0.25, -0.2) is 4.79 Å². The summed E-state index contributed by atoms with van der Waals surface area (Å²) >= 11 is 1.49. The molecular weight excluding hydrogens is 388 g/mol. The first-order valence-corrected chi connectivity index (χ1v) is 10.6. The number of carbonyl (C=O) groups is 4. The maximum absolute atomic E-state index is 12.6. The molecule has 3 amide bonds. The van der Waals surface area contributed by atoms with Crippen molar-refractivity contribution in [2.45, 2.75) is 63.4 Å². The number of thioether (sulfide) groups is 1. The molecule has 0 radical (unpaired) electrons. The lowest BCUT2D eigenvalue weighted by molar-refractivity contribution is -0.149. The Kier molecular flexibility index (Phi) is 9.70. The molecule has 0 aromatic rings. The molecule has 1 saturated heterocycles. The van der Waals surface area contributed by atoms with Crippen molar-refractivity contribution in [2.75, 3.05) is 18.6 Å². The van der Waals surface area contributed by atoms with E-state index in [0.29, 0.717) is 31.6 Å². The van der Waals surface area contributed by atoms with E-state index in [9.17, 15) is 29.4 Å². The number of aliphatic hydroxyl groups is 1. The molecular formula is C17H30N4O6S. The number of nitrogens with one attached hydrogen (secondary N) is 2. The third kappa shape index (κ3) is 6.64. The highest BCUT2D eigenvalue weighted by molar-refractivity contribution is 7.98. The Hall–Kier alpha value is -1.85. The Morgan fingerprint density at radius 2 is 1.86 bits per heavy atom. The van der Waals surface area contributed by atoms with Gasteiger partial charge < -0.3 is 31.5 Å². The maximum atomic E-state index is 12.6. The van der Waals surface area contributed by atoms with Crippen LogP contribution in [0.15, 0.2) is 0 Å². The van der Waals surface area contributed by atoms with Gasteiger partial charge in [-0.15, -0.1) is 0 Å². The van der Waals surface area contributed by atoms with Gasteiger partial charge in [0.05, 0.1) is 6.10 Å². The van der Waals surface area contributed by atoms with E-state index in [1.165, 1.54) is 30.5 Å². The number of carboxylic acid groups (broad SMARTS) is 1. The van der Waals surface area contributed by atoms with Crippen LogP contribution in [0, 0.1) is 0 Å². The van der Waals surface area contributed by atoms with Crippen molar-refractivity contribution in [1.29, 1.82) is 0 Å². The molecule has 0 aromatic heterocycles. The zero-order chi connectivity index (χ0) is 21.4. The minimum atomic E-state index is -1.18. The Bertz CT molecular complexity index is 588. The molecule has 0 aromatic carbocycles. The number of nitrogens with zero attached hydrogens (tertiary/aromatic N) is 1. The lowest BCUT2D eigenvalue weighted by Gasteiger charge is -2.27. The summed E-state index contributed by atoms with van der Waals surface area (Å²) in [6, 6.07) is -3.92. The third-order valence-electron chi connectivity index (χ3n) is 4.62. The monoisotopic (exact) mass is 418 g/mol. The van der Waals surface area contributed by atoms with Crippen LogP contribution in [-0.2, 0) is 19.2 Å². The Balaban J connectivity index is 2.76. The van der Waals surface area contributed by atoms with E-state index >= 15 is 0 Å². The molecule has 1 aliphatic rings. The van der Waals surface area contributed by atoms with E-state index in [2.05, 4.69) is 10.6 Å². The van der Waals surface area contributed by atoms with Crippen LogP contribution < -0.4 is 16.4 Å². The average molecular weight is 419 g/mol. The fourth-order valence-corrected chi connectivity index (χ4v) is 3.37. The van der Waals surface area contributed by atoms with Gasteiger partial charge in [0.2, 0.25) is 17.7 Å². The number of aliphatic carboxylic acids is 1. The second-order valence-corrected chi connectivity index (χ2v) is 7.85. The molecule has 10 nitrogen and oxygen atoms in total. The molecule has 1 heterocycles. The highest BCUT2D eigenvalue weighted by atomic mass is 32.2. The van der Waals surface area contributed by atoms with Gasteiger partial charge in [0.15, 0.2) is 0 Å². The number of nitrogens with two attached hydrogens (primary N) is 1. The maximum Gasteiger partial charge on any atom is 0.326 e. The molecule has 1 rings (SSSR count). The smallest absolute Gasteiger partial charge is 0.326 e. The molecule has 160 valence electrons. The SMILES string of the molecule is CSCCC(NC(=O)C(N)C(C)O)C(=O)NC(C)C(=O)N1CCCC1C(=O)O. The molecule has 11 heteroatoms. The van der Waals surface area contributed by atoms with Gasteiger partial charge >= 0.3 is 5.97 Å². The molecule has 0 bridgehead atoms. The molecule has 1 aliphatic heterocycles. The summed E-state index contributed by atoms with van der Waals surface area (Å²) in [5.41, 5.74) is 5.60. The molecule has 5 atom stereocenters. The van der Waals surface area contributed by atoms with E-state index in [-0.39, 0.29) is 0 Å².